The maximum atomic E-state index is 6.76. The van der Waals surface area contributed by atoms with Crippen molar-refractivity contribution in [2.24, 2.45) is 23.0 Å². The predicted molar refractivity (Wildman–Crippen MR) is 264 cm³/mol. The summed E-state index contributed by atoms with van der Waals surface area (Å²) in [6.07, 6.45) is 23.0. The largest absolute Gasteiger partial charge is 0.324 e. The summed E-state index contributed by atoms with van der Waals surface area (Å²) in [6, 6.07) is 29.4. The summed E-state index contributed by atoms with van der Waals surface area (Å²) in [7, 11) is 0. The average molecular weight is 787 g/mol. The quantitative estimate of drug-likeness (QED) is 0.153. The standard InChI is InChI=1S/C54H66N2.C3H8/c1-13-20-44(21-14-2)56(45-29-26-42(27-30-45)53(7,8)9)38(6)47-33-34-49(52-48(40-22-18-17-19-23-40)32-24-39(16-4)51(47)52)46(37(5)15-3)31-25-41-36-43(54(10,11)12)28-35-50(41)55;1-3-2/h13-14,17-37,41,50H,1,15-16,55H2,2-12H3;3H2,1-2H3/b21-14-,31-25+,44-20+,47-38+,49-46+;. The van der Waals surface area contributed by atoms with Crippen LogP contribution in [0.25, 0.3) is 33.2 Å². The van der Waals surface area contributed by atoms with E-state index in [2.05, 4.69) is 229 Å². The minimum Gasteiger partial charge on any atom is -0.324 e. The highest BCUT2D eigenvalue weighted by atomic mass is 15.1. The van der Waals surface area contributed by atoms with Gasteiger partial charge in [0.25, 0.3) is 0 Å². The van der Waals surface area contributed by atoms with Gasteiger partial charge in [0, 0.05) is 34.3 Å². The molecular weight excluding hydrogens is 713 g/mol. The fourth-order valence-electron chi connectivity index (χ4n) is 7.88. The van der Waals surface area contributed by atoms with Crippen molar-refractivity contribution >= 4 is 27.7 Å². The number of hydrogen-bond donors (Lipinski definition) is 1. The summed E-state index contributed by atoms with van der Waals surface area (Å²) in [5.41, 5.74) is 18.0. The summed E-state index contributed by atoms with van der Waals surface area (Å²) in [4.78, 5) is 2.40. The van der Waals surface area contributed by atoms with Crippen molar-refractivity contribution in [2.75, 3.05) is 4.90 Å². The number of anilines is 1. The zero-order valence-electron chi connectivity index (χ0n) is 38.8. The minimum atomic E-state index is -0.0584. The molecule has 0 spiro atoms. The molecule has 0 bridgehead atoms. The lowest BCUT2D eigenvalue weighted by atomic mass is 9.79. The summed E-state index contributed by atoms with van der Waals surface area (Å²) < 4.78 is 0. The van der Waals surface area contributed by atoms with E-state index < -0.39 is 0 Å². The van der Waals surface area contributed by atoms with E-state index in [0.29, 0.717) is 5.92 Å². The van der Waals surface area contributed by atoms with E-state index in [-0.39, 0.29) is 22.8 Å². The highest BCUT2D eigenvalue weighted by Crippen LogP contribution is 2.34. The van der Waals surface area contributed by atoms with Crippen LogP contribution in [0.2, 0.25) is 0 Å². The number of allylic oxidation sites excluding steroid dienone is 7. The van der Waals surface area contributed by atoms with Crippen molar-refractivity contribution in [3.63, 3.8) is 0 Å². The Morgan fingerprint density at radius 1 is 0.814 bits per heavy atom. The third-order valence-corrected chi connectivity index (χ3v) is 11.4. The van der Waals surface area contributed by atoms with Crippen molar-refractivity contribution in [1.29, 1.82) is 0 Å². The zero-order chi connectivity index (χ0) is 43.5. The summed E-state index contributed by atoms with van der Waals surface area (Å²) in [5, 5.41) is 5.12. The molecule has 312 valence electrons. The molecule has 0 aliphatic heterocycles. The molecule has 0 heterocycles. The molecule has 2 heteroatoms. The van der Waals surface area contributed by atoms with Crippen molar-refractivity contribution in [3.05, 3.63) is 173 Å². The number of nitrogens with zero attached hydrogens (tertiary/aromatic N) is 1. The molecule has 4 aromatic carbocycles. The van der Waals surface area contributed by atoms with E-state index in [1.165, 1.54) is 61.0 Å². The molecule has 0 aromatic heterocycles. The highest BCUT2D eigenvalue weighted by molar-refractivity contribution is 6.01. The van der Waals surface area contributed by atoms with Crippen LogP contribution in [0.1, 0.15) is 114 Å². The van der Waals surface area contributed by atoms with Gasteiger partial charge in [0.05, 0.1) is 0 Å². The Morgan fingerprint density at radius 3 is 2.02 bits per heavy atom. The number of fused-ring (bicyclic) bond motifs is 1. The lowest BCUT2D eigenvalue weighted by molar-refractivity contribution is 0.502. The fraction of sp³-hybridized carbons (Fsp3) is 0.368. The molecule has 0 fully saturated rings. The lowest BCUT2D eigenvalue weighted by Crippen LogP contribution is -2.29. The molecule has 1 aliphatic rings. The van der Waals surface area contributed by atoms with Crippen LogP contribution < -0.4 is 21.1 Å². The number of rotatable bonds is 11. The molecule has 2 N–H and O–H groups in total. The molecule has 59 heavy (non-hydrogen) atoms. The SMILES string of the molecule is C=C/C=C(\C=C/C)N(/C(C)=c1\cc/c(=C(/C=C/C2C=C(C(C)(C)C)C=CC2N)C(C)CC)c2c(-c3ccccc3)ccc(CC)c12)c1ccc(C(C)(C)C)cc1.CCC. The van der Waals surface area contributed by atoms with Crippen LogP contribution in [0.4, 0.5) is 5.69 Å². The van der Waals surface area contributed by atoms with Crippen LogP contribution in [0.15, 0.2) is 151 Å². The zero-order valence-corrected chi connectivity index (χ0v) is 38.8. The van der Waals surface area contributed by atoms with Crippen molar-refractivity contribution in [2.45, 2.75) is 121 Å². The summed E-state index contributed by atoms with van der Waals surface area (Å²) in [5.74, 6) is 0.449. The van der Waals surface area contributed by atoms with Crippen LogP contribution >= 0.6 is 0 Å². The maximum absolute atomic E-state index is 6.76. The van der Waals surface area contributed by atoms with Gasteiger partial charge in [-0.1, -0.05) is 198 Å². The fourth-order valence-corrected chi connectivity index (χ4v) is 7.88. The van der Waals surface area contributed by atoms with Crippen molar-refractivity contribution < 1.29 is 0 Å². The minimum absolute atomic E-state index is 0.0584. The first kappa shape index (κ1) is 46.8. The molecule has 1 aliphatic carbocycles. The second kappa shape index (κ2) is 20.9. The first-order chi connectivity index (χ1) is 28.1. The van der Waals surface area contributed by atoms with Crippen molar-refractivity contribution in [1.82, 2.24) is 0 Å². The Hall–Kier alpha value is -4.92. The molecule has 2 nitrogen and oxygen atoms in total. The highest BCUT2D eigenvalue weighted by Gasteiger charge is 2.23. The molecule has 0 amide bonds. The van der Waals surface area contributed by atoms with Gasteiger partial charge < -0.3 is 10.6 Å². The molecule has 3 unspecified atom stereocenters. The molecular formula is C57H74N2. The van der Waals surface area contributed by atoms with Gasteiger partial charge in [-0.2, -0.15) is 0 Å². The van der Waals surface area contributed by atoms with Gasteiger partial charge in [-0.25, -0.2) is 0 Å². The van der Waals surface area contributed by atoms with Gasteiger partial charge >= 0.3 is 0 Å². The smallest absolute Gasteiger partial charge is 0.0458 e. The van der Waals surface area contributed by atoms with E-state index >= 15 is 0 Å². The normalized spacial score (nSPS) is 17.7. The van der Waals surface area contributed by atoms with Crippen LogP contribution in [-0.4, -0.2) is 6.04 Å². The molecule has 0 saturated carbocycles. The predicted octanol–water partition coefficient (Wildman–Crippen LogP) is 14.3. The Morgan fingerprint density at radius 2 is 1.46 bits per heavy atom. The first-order valence-electron chi connectivity index (χ1n) is 22.1. The second-order valence-corrected chi connectivity index (χ2v) is 18.2. The topological polar surface area (TPSA) is 29.3 Å². The Labute approximate surface area is 359 Å². The van der Waals surface area contributed by atoms with Crippen LogP contribution in [0.5, 0.6) is 0 Å². The number of benzene rings is 4. The van der Waals surface area contributed by atoms with E-state index in [9.17, 15) is 0 Å². The second-order valence-electron chi connectivity index (χ2n) is 18.2. The Bertz CT molecular complexity index is 2310. The van der Waals surface area contributed by atoms with Gasteiger partial charge in [0.2, 0.25) is 0 Å². The monoisotopic (exact) mass is 787 g/mol. The molecule has 0 radical (unpaired) electrons. The molecule has 0 saturated heterocycles. The average Bonchev–Trinajstić information content (AvgIpc) is 3.21. The third kappa shape index (κ3) is 11.2. The number of nitrogens with two attached hydrogens (primary N) is 1. The van der Waals surface area contributed by atoms with Crippen LogP contribution in [-0.2, 0) is 11.8 Å². The Kier molecular flexibility index (Phi) is 16.5. The summed E-state index contributed by atoms with van der Waals surface area (Å²) in [6.45, 7) is 33.3. The summed E-state index contributed by atoms with van der Waals surface area (Å²) >= 11 is 0. The maximum Gasteiger partial charge on any atom is 0.0458 e. The van der Waals surface area contributed by atoms with Gasteiger partial charge in [-0.15, -0.1) is 0 Å². The number of hydrogen-bond acceptors (Lipinski definition) is 2. The van der Waals surface area contributed by atoms with E-state index in [0.717, 1.165) is 29.9 Å². The van der Waals surface area contributed by atoms with Crippen LogP contribution in [0.3, 0.4) is 0 Å². The van der Waals surface area contributed by atoms with Gasteiger partial charge in [-0.05, 0) is 117 Å². The molecule has 4 aromatic rings. The van der Waals surface area contributed by atoms with E-state index in [4.69, 9.17) is 5.73 Å². The van der Waals surface area contributed by atoms with Crippen LogP contribution in [0, 0.1) is 17.3 Å². The molecule has 5 rings (SSSR count). The molecule has 3 atom stereocenters. The Balaban J connectivity index is 0.00000248. The van der Waals surface area contributed by atoms with E-state index in [1.54, 1.807) is 0 Å². The van der Waals surface area contributed by atoms with E-state index in [1.807, 2.05) is 6.08 Å². The van der Waals surface area contributed by atoms with Gasteiger partial charge in [0.15, 0.2) is 0 Å². The lowest BCUT2D eigenvalue weighted by Gasteiger charge is -2.29. The number of aryl methyl sites for hydroxylation is 1. The van der Waals surface area contributed by atoms with Gasteiger partial charge in [-0.3, -0.25) is 0 Å². The first-order valence-corrected chi connectivity index (χ1v) is 22.1. The third-order valence-electron chi connectivity index (χ3n) is 11.4. The van der Waals surface area contributed by atoms with Crippen molar-refractivity contribution in [3.8, 4) is 11.1 Å². The van der Waals surface area contributed by atoms with Gasteiger partial charge in [0.1, 0.15) is 0 Å².